The molecule has 3 rings (SSSR count). The molecule has 102 valence electrons. The van der Waals surface area contributed by atoms with Gasteiger partial charge in [-0.1, -0.05) is 24.3 Å². The van der Waals surface area contributed by atoms with E-state index in [-0.39, 0.29) is 17.2 Å². The van der Waals surface area contributed by atoms with Crippen molar-refractivity contribution < 1.29 is 4.79 Å². The van der Waals surface area contributed by atoms with Crippen LogP contribution in [0.15, 0.2) is 36.5 Å². The fourth-order valence-electron chi connectivity index (χ4n) is 2.26. The highest BCUT2D eigenvalue weighted by molar-refractivity contribution is 6.28. The number of nitrogens with zero attached hydrogens (tertiary/aromatic N) is 2. The molecule has 2 aromatic rings. The lowest BCUT2D eigenvalue weighted by molar-refractivity contribution is -0.118. The smallest absolute Gasteiger partial charge is 0.243 e. The molecule has 6 heteroatoms. The number of carbonyl (C=O) groups is 1. The van der Waals surface area contributed by atoms with E-state index in [4.69, 9.17) is 11.6 Å². The predicted molar refractivity (Wildman–Crippen MR) is 76.4 cm³/mol. The number of aromatic nitrogens is 2. The van der Waals surface area contributed by atoms with E-state index in [1.807, 2.05) is 12.1 Å². The molecule has 1 aliphatic rings. The van der Waals surface area contributed by atoms with Gasteiger partial charge in [-0.05, 0) is 35.2 Å². The lowest BCUT2D eigenvalue weighted by Gasteiger charge is -2.25. The van der Waals surface area contributed by atoms with Crippen LogP contribution in [0.4, 0.5) is 5.82 Å². The third kappa shape index (κ3) is 2.79. The number of halogens is 1. The first-order valence-electron chi connectivity index (χ1n) is 6.32. The molecule has 0 aliphatic carbocycles. The Morgan fingerprint density at radius 2 is 2.10 bits per heavy atom. The average Bonchev–Trinajstić information content (AvgIpc) is 2.47. The fraction of sp³-hybridized carbons (Fsp3) is 0.214. The number of carbonyl (C=O) groups excluding carboxylic acids is 1. The second-order valence-corrected chi connectivity index (χ2v) is 4.94. The second kappa shape index (κ2) is 5.56. The van der Waals surface area contributed by atoms with Gasteiger partial charge in [0, 0.05) is 12.7 Å². The Kier molecular flexibility index (Phi) is 3.62. The number of rotatable bonds is 2. The average molecular weight is 289 g/mol. The summed E-state index contributed by atoms with van der Waals surface area (Å²) in [5, 5.41) is 6.08. The number of benzene rings is 1. The van der Waals surface area contributed by atoms with Gasteiger partial charge in [0.05, 0.1) is 6.04 Å². The van der Waals surface area contributed by atoms with Crippen molar-refractivity contribution in [2.24, 2.45) is 0 Å². The van der Waals surface area contributed by atoms with Crippen LogP contribution in [0.1, 0.15) is 11.1 Å². The lowest BCUT2D eigenvalue weighted by atomic mass is 9.95. The van der Waals surface area contributed by atoms with Gasteiger partial charge in [-0.25, -0.2) is 9.97 Å². The molecule has 1 aromatic heterocycles. The molecule has 0 fully saturated rings. The molecule has 1 amide bonds. The molecular formula is C14H13ClN4O. The van der Waals surface area contributed by atoms with Crippen LogP contribution in [-0.4, -0.2) is 21.9 Å². The van der Waals surface area contributed by atoms with Crippen molar-refractivity contribution in [3.8, 4) is 0 Å². The number of amides is 1. The van der Waals surface area contributed by atoms with Gasteiger partial charge in [-0.15, -0.1) is 0 Å². The second-order valence-electron chi connectivity index (χ2n) is 4.61. The van der Waals surface area contributed by atoms with Crippen LogP contribution >= 0.6 is 11.6 Å². The number of fused-ring (bicyclic) bond motifs is 1. The molecule has 1 aliphatic heterocycles. The maximum absolute atomic E-state index is 12.2. The SMILES string of the molecule is O=C(Nc1ccnc(Cl)n1)C1Cc2ccccc2CN1. The summed E-state index contributed by atoms with van der Waals surface area (Å²) in [6.07, 6.45) is 2.18. The van der Waals surface area contributed by atoms with E-state index in [0.29, 0.717) is 18.8 Å². The Morgan fingerprint density at radius 3 is 2.90 bits per heavy atom. The Labute approximate surface area is 121 Å². The molecule has 0 bridgehead atoms. The molecule has 0 radical (unpaired) electrons. The van der Waals surface area contributed by atoms with Crippen LogP contribution in [0.25, 0.3) is 0 Å². The van der Waals surface area contributed by atoms with E-state index in [1.165, 1.54) is 17.3 Å². The number of anilines is 1. The minimum atomic E-state index is -0.265. The maximum Gasteiger partial charge on any atom is 0.243 e. The topological polar surface area (TPSA) is 66.9 Å². The largest absolute Gasteiger partial charge is 0.309 e. The first-order valence-corrected chi connectivity index (χ1v) is 6.70. The third-order valence-electron chi connectivity index (χ3n) is 3.28. The van der Waals surface area contributed by atoms with Gasteiger partial charge in [0.1, 0.15) is 5.82 Å². The Hall–Kier alpha value is -1.98. The fourth-order valence-corrected chi connectivity index (χ4v) is 2.40. The van der Waals surface area contributed by atoms with E-state index < -0.39 is 0 Å². The van der Waals surface area contributed by atoms with Crippen molar-refractivity contribution in [3.63, 3.8) is 0 Å². The number of hydrogen-bond donors (Lipinski definition) is 2. The molecule has 1 unspecified atom stereocenters. The van der Waals surface area contributed by atoms with Gasteiger partial charge in [-0.2, -0.15) is 0 Å². The summed E-state index contributed by atoms with van der Waals surface area (Å²) in [5.41, 5.74) is 2.44. The van der Waals surface area contributed by atoms with Crippen molar-refractivity contribution in [1.82, 2.24) is 15.3 Å². The summed E-state index contributed by atoms with van der Waals surface area (Å²) < 4.78 is 0. The molecule has 20 heavy (non-hydrogen) atoms. The van der Waals surface area contributed by atoms with Gasteiger partial charge < -0.3 is 10.6 Å². The first-order chi connectivity index (χ1) is 9.72. The van der Waals surface area contributed by atoms with Crippen molar-refractivity contribution in [2.75, 3.05) is 5.32 Å². The minimum absolute atomic E-state index is 0.116. The van der Waals surface area contributed by atoms with Gasteiger partial charge in [0.2, 0.25) is 11.2 Å². The highest BCUT2D eigenvalue weighted by atomic mass is 35.5. The normalized spacial score (nSPS) is 17.4. The highest BCUT2D eigenvalue weighted by Crippen LogP contribution is 2.17. The van der Waals surface area contributed by atoms with Crippen LogP contribution in [0.3, 0.4) is 0 Å². The zero-order valence-corrected chi connectivity index (χ0v) is 11.4. The zero-order chi connectivity index (χ0) is 13.9. The standard InChI is InChI=1S/C14H13ClN4O/c15-14-16-6-5-12(19-14)18-13(20)11-7-9-3-1-2-4-10(9)8-17-11/h1-6,11,17H,7-8H2,(H,16,18,19,20). The molecule has 0 spiro atoms. The van der Waals surface area contributed by atoms with E-state index in [0.717, 1.165) is 0 Å². The zero-order valence-electron chi connectivity index (χ0n) is 10.6. The maximum atomic E-state index is 12.2. The first kappa shape index (κ1) is 13.0. The Balaban J connectivity index is 1.70. The Morgan fingerprint density at radius 1 is 1.30 bits per heavy atom. The van der Waals surface area contributed by atoms with E-state index in [1.54, 1.807) is 6.07 Å². The molecule has 1 atom stereocenters. The van der Waals surface area contributed by atoms with Crippen molar-refractivity contribution in [1.29, 1.82) is 0 Å². The molecular weight excluding hydrogens is 276 g/mol. The van der Waals surface area contributed by atoms with E-state index >= 15 is 0 Å². The van der Waals surface area contributed by atoms with Crippen LogP contribution < -0.4 is 10.6 Å². The monoisotopic (exact) mass is 288 g/mol. The van der Waals surface area contributed by atoms with Crippen molar-refractivity contribution in [3.05, 3.63) is 52.9 Å². The molecule has 5 nitrogen and oxygen atoms in total. The summed E-state index contributed by atoms with van der Waals surface area (Å²) in [7, 11) is 0. The predicted octanol–water partition coefficient (Wildman–Crippen LogP) is 1.78. The molecule has 0 saturated carbocycles. The van der Waals surface area contributed by atoms with Gasteiger partial charge in [-0.3, -0.25) is 4.79 Å². The lowest BCUT2D eigenvalue weighted by Crippen LogP contribution is -2.44. The summed E-state index contributed by atoms with van der Waals surface area (Å²) in [5.74, 6) is 0.296. The van der Waals surface area contributed by atoms with Gasteiger partial charge >= 0.3 is 0 Å². The molecule has 2 N–H and O–H groups in total. The van der Waals surface area contributed by atoms with Crippen LogP contribution in [0.2, 0.25) is 5.28 Å². The van der Waals surface area contributed by atoms with Crippen molar-refractivity contribution in [2.45, 2.75) is 19.0 Å². The summed E-state index contributed by atoms with van der Waals surface area (Å²) in [4.78, 5) is 19.9. The van der Waals surface area contributed by atoms with Crippen molar-refractivity contribution >= 4 is 23.3 Å². The van der Waals surface area contributed by atoms with Crippen LogP contribution in [0, 0.1) is 0 Å². The summed E-state index contributed by atoms with van der Waals surface area (Å²) in [6, 6.07) is 9.46. The Bertz CT molecular complexity index is 647. The number of nitrogens with one attached hydrogen (secondary N) is 2. The minimum Gasteiger partial charge on any atom is -0.309 e. The molecule has 1 aromatic carbocycles. The summed E-state index contributed by atoms with van der Waals surface area (Å²) in [6.45, 7) is 0.693. The van der Waals surface area contributed by atoms with E-state index in [2.05, 4.69) is 32.7 Å². The molecule has 0 saturated heterocycles. The van der Waals surface area contributed by atoms with Crippen LogP contribution in [0.5, 0.6) is 0 Å². The highest BCUT2D eigenvalue weighted by Gasteiger charge is 2.24. The summed E-state index contributed by atoms with van der Waals surface area (Å²) >= 11 is 5.69. The van der Waals surface area contributed by atoms with Gasteiger partial charge in [0.25, 0.3) is 0 Å². The van der Waals surface area contributed by atoms with Gasteiger partial charge in [0.15, 0.2) is 0 Å². The van der Waals surface area contributed by atoms with E-state index in [9.17, 15) is 4.79 Å². The third-order valence-corrected chi connectivity index (χ3v) is 3.46. The quantitative estimate of drug-likeness (QED) is 0.827. The van der Waals surface area contributed by atoms with Crippen LogP contribution in [-0.2, 0) is 17.8 Å². The molecule has 2 heterocycles. The number of hydrogen-bond acceptors (Lipinski definition) is 4.